The molecule has 2 atom stereocenters. The van der Waals surface area contributed by atoms with Crippen LogP contribution in [0.3, 0.4) is 0 Å². The zero-order valence-electron chi connectivity index (χ0n) is 17.8. The Hall–Kier alpha value is -3.22. The molecule has 2 aliphatic carbocycles. The molecular weight excluding hydrogens is 392 g/mol. The van der Waals surface area contributed by atoms with Gasteiger partial charge in [0.1, 0.15) is 11.9 Å². The van der Waals surface area contributed by atoms with Gasteiger partial charge in [0.2, 0.25) is 5.88 Å². The second kappa shape index (κ2) is 7.18. The number of aryl methyl sites for hydroxylation is 1. The summed E-state index contributed by atoms with van der Waals surface area (Å²) in [5.74, 6) is 0.903. The Kier molecular flexibility index (Phi) is 4.57. The number of nitrogens with zero attached hydrogens (tertiary/aromatic N) is 3. The van der Waals surface area contributed by atoms with E-state index in [1.807, 2.05) is 13.8 Å². The highest BCUT2D eigenvalue weighted by molar-refractivity contribution is 6.09. The number of aliphatic carboxylic acids is 1. The Morgan fingerprint density at radius 1 is 1.26 bits per heavy atom. The van der Waals surface area contributed by atoms with Gasteiger partial charge in [-0.15, -0.1) is 0 Å². The van der Waals surface area contributed by atoms with Crippen LogP contribution >= 0.6 is 0 Å². The van der Waals surface area contributed by atoms with Gasteiger partial charge in [-0.05, 0) is 75.0 Å². The summed E-state index contributed by atoms with van der Waals surface area (Å²) < 4.78 is 6.12. The third kappa shape index (κ3) is 3.48. The molecule has 160 valence electrons. The summed E-state index contributed by atoms with van der Waals surface area (Å²) in [6, 6.07) is 6.59. The van der Waals surface area contributed by atoms with Gasteiger partial charge < -0.3 is 15.6 Å². The van der Waals surface area contributed by atoms with Crippen LogP contribution in [0.4, 0.5) is 11.5 Å². The van der Waals surface area contributed by atoms with Crippen molar-refractivity contribution in [2.75, 3.05) is 5.73 Å². The van der Waals surface area contributed by atoms with E-state index in [4.69, 9.17) is 20.6 Å². The molecule has 31 heavy (non-hydrogen) atoms. The van der Waals surface area contributed by atoms with Gasteiger partial charge in [-0.1, -0.05) is 17.7 Å². The molecule has 0 amide bonds. The number of fused-ring (bicyclic) bond motifs is 4. The maximum Gasteiger partial charge on any atom is 0.328 e. The molecule has 1 fully saturated rings. The van der Waals surface area contributed by atoms with Gasteiger partial charge in [0.05, 0.1) is 5.71 Å². The van der Waals surface area contributed by atoms with Crippen molar-refractivity contribution in [3.63, 3.8) is 0 Å². The lowest BCUT2D eigenvalue weighted by atomic mass is 9.66. The number of nitrogen functional groups attached to an aromatic ring is 1. The Balaban J connectivity index is 1.48. The molecule has 5 rings (SSSR count). The van der Waals surface area contributed by atoms with Gasteiger partial charge in [-0.3, -0.25) is 0 Å². The predicted molar refractivity (Wildman–Crippen MR) is 118 cm³/mol. The van der Waals surface area contributed by atoms with Crippen LogP contribution in [-0.2, 0) is 11.2 Å². The van der Waals surface area contributed by atoms with Crippen molar-refractivity contribution >= 4 is 23.2 Å². The number of hydrogen-bond donors (Lipinski definition) is 2. The number of carbonyl (C=O) groups is 1. The molecular formula is C24H26N4O3. The first-order valence-electron chi connectivity index (χ1n) is 10.8. The number of aromatic nitrogens is 2. The van der Waals surface area contributed by atoms with E-state index in [0.29, 0.717) is 29.2 Å². The molecule has 1 aliphatic heterocycles. The fourth-order valence-corrected chi connectivity index (χ4v) is 5.35. The number of carboxylic acids is 1. The van der Waals surface area contributed by atoms with Crippen molar-refractivity contribution in [3.8, 4) is 5.88 Å². The summed E-state index contributed by atoms with van der Waals surface area (Å²) in [5.41, 5.74) is 11.5. The topological polar surface area (TPSA) is 111 Å². The fourth-order valence-electron chi connectivity index (χ4n) is 5.35. The second-order valence-electron chi connectivity index (χ2n) is 9.19. The van der Waals surface area contributed by atoms with Crippen LogP contribution in [0, 0.1) is 5.92 Å². The number of carboxylic acid groups (broad SMARTS) is 1. The minimum absolute atomic E-state index is 0.311. The number of benzene rings is 1. The van der Waals surface area contributed by atoms with Gasteiger partial charge >= 0.3 is 5.97 Å². The molecule has 0 bridgehead atoms. The molecule has 2 heterocycles. The van der Waals surface area contributed by atoms with Crippen molar-refractivity contribution < 1.29 is 14.6 Å². The second-order valence-corrected chi connectivity index (χ2v) is 9.19. The molecule has 0 radical (unpaired) electrons. The summed E-state index contributed by atoms with van der Waals surface area (Å²) >= 11 is 0. The van der Waals surface area contributed by atoms with Crippen LogP contribution in [0.2, 0.25) is 0 Å². The highest BCUT2D eigenvalue weighted by Crippen LogP contribution is 2.47. The summed E-state index contributed by atoms with van der Waals surface area (Å²) in [5, 5.41) is 9.08. The highest BCUT2D eigenvalue weighted by Gasteiger charge is 2.37. The van der Waals surface area contributed by atoms with Crippen LogP contribution in [-0.4, -0.2) is 32.4 Å². The van der Waals surface area contributed by atoms with Gasteiger partial charge in [-0.25, -0.2) is 14.8 Å². The maximum absolute atomic E-state index is 11.1. The molecule has 1 aromatic carbocycles. The molecule has 0 unspecified atom stereocenters. The minimum Gasteiger partial charge on any atom is -0.478 e. The first-order valence-corrected chi connectivity index (χ1v) is 10.8. The number of aliphatic imine (C=N–C) groups is 1. The monoisotopic (exact) mass is 418 g/mol. The number of nitrogens with two attached hydrogens (primary N) is 1. The lowest BCUT2D eigenvalue weighted by Crippen LogP contribution is -2.41. The summed E-state index contributed by atoms with van der Waals surface area (Å²) in [7, 11) is 0. The van der Waals surface area contributed by atoms with Crippen molar-refractivity contribution in [2.45, 2.75) is 57.5 Å². The Bertz CT molecular complexity index is 1140. The zero-order chi connectivity index (χ0) is 21.8. The SMILES string of the molecule is CC1(C)Oc2ncnc(N)c2N=C1c1ccc2c(c1)CC[C@@H]1C/C(=C\C(=O)O)CC[C@H]21. The first-order chi connectivity index (χ1) is 14.8. The van der Waals surface area contributed by atoms with E-state index in [1.165, 1.54) is 23.5 Å². The number of rotatable bonds is 2. The van der Waals surface area contributed by atoms with E-state index >= 15 is 0 Å². The average Bonchev–Trinajstić information content (AvgIpc) is 2.72. The Morgan fingerprint density at radius 2 is 2.10 bits per heavy atom. The molecule has 7 heteroatoms. The van der Waals surface area contributed by atoms with Crippen LogP contribution in [0.25, 0.3) is 0 Å². The number of ether oxygens (including phenoxy) is 1. The van der Waals surface area contributed by atoms with Crippen molar-refractivity contribution in [2.24, 2.45) is 10.9 Å². The van der Waals surface area contributed by atoms with Gasteiger partial charge in [-0.2, -0.15) is 4.98 Å². The van der Waals surface area contributed by atoms with E-state index < -0.39 is 11.6 Å². The van der Waals surface area contributed by atoms with Crippen LogP contribution in [0.5, 0.6) is 5.88 Å². The summed E-state index contributed by atoms with van der Waals surface area (Å²) in [4.78, 5) is 24.1. The van der Waals surface area contributed by atoms with Crippen molar-refractivity contribution in [1.82, 2.24) is 9.97 Å². The summed E-state index contributed by atoms with van der Waals surface area (Å²) in [6.07, 6.45) is 7.62. The van der Waals surface area contributed by atoms with Crippen molar-refractivity contribution in [1.29, 1.82) is 0 Å². The number of anilines is 1. The van der Waals surface area contributed by atoms with Crippen molar-refractivity contribution in [3.05, 3.63) is 52.9 Å². The molecule has 3 N–H and O–H groups in total. The molecule has 2 aromatic rings. The van der Waals surface area contributed by atoms with Crippen LogP contribution in [0.1, 0.15) is 62.1 Å². The van der Waals surface area contributed by atoms with Crippen LogP contribution < -0.4 is 10.5 Å². The van der Waals surface area contributed by atoms with E-state index in [9.17, 15) is 4.79 Å². The zero-order valence-corrected chi connectivity index (χ0v) is 17.8. The third-order valence-electron chi connectivity index (χ3n) is 6.76. The lowest BCUT2D eigenvalue weighted by Gasteiger charge is -2.39. The van der Waals surface area contributed by atoms with Gasteiger partial charge in [0.15, 0.2) is 11.5 Å². The molecule has 3 aliphatic rings. The van der Waals surface area contributed by atoms with E-state index in [2.05, 4.69) is 28.2 Å². The Labute approximate surface area is 181 Å². The maximum atomic E-state index is 11.1. The predicted octanol–water partition coefficient (Wildman–Crippen LogP) is 4.19. The van der Waals surface area contributed by atoms with Crippen LogP contribution in [0.15, 0.2) is 41.2 Å². The van der Waals surface area contributed by atoms with E-state index in [-0.39, 0.29) is 0 Å². The number of hydrogen-bond acceptors (Lipinski definition) is 6. The number of allylic oxidation sites excluding steroid dienone is 1. The standard InChI is InChI=1S/C24H26N4O3/c1-24(2)21(28-20-22(25)26-12-27-23(20)31-24)16-6-8-18-15(11-16)5-4-14-9-13(10-19(29)30)3-7-17(14)18/h6,8,10-12,14,17H,3-5,7,9H2,1-2H3,(H,29,30)(H2,25,26,27)/b13-10-/t14-,17+/m1/s1. The molecule has 0 saturated heterocycles. The van der Waals surface area contributed by atoms with Gasteiger partial charge in [0, 0.05) is 11.6 Å². The highest BCUT2D eigenvalue weighted by atomic mass is 16.5. The van der Waals surface area contributed by atoms with Gasteiger partial charge in [0.25, 0.3) is 0 Å². The van der Waals surface area contributed by atoms with E-state index in [0.717, 1.165) is 49.0 Å². The smallest absolute Gasteiger partial charge is 0.328 e. The quantitative estimate of drug-likeness (QED) is 0.708. The molecule has 7 nitrogen and oxygen atoms in total. The third-order valence-corrected chi connectivity index (χ3v) is 6.76. The first kappa shape index (κ1) is 19.7. The lowest BCUT2D eigenvalue weighted by molar-refractivity contribution is -0.131. The fraction of sp³-hybridized carbons (Fsp3) is 0.417. The molecule has 1 saturated carbocycles. The molecule has 0 spiro atoms. The molecule has 1 aromatic heterocycles. The Morgan fingerprint density at radius 3 is 2.90 bits per heavy atom. The average molecular weight is 418 g/mol. The minimum atomic E-state index is -0.833. The summed E-state index contributed by atoms with van der Waals surface area (Å²) in [6.45, 7) is 3.97. The van der Waals surface area contributed by atoms with E-state index in [1.54, 1.807) is 0 Å². The normalized spacial score (nSPS) is 25.0. The largest absolute Gasteiger partial charge is 0.478 e.